The lowest BCUT2D eigenvalue weighted by atomic mass is 9.82. The van der Waals surface area contributed by atoms with E-state index in [2.05, 4.69) is 0 Å². The van der Waals surface area contributed by atoms with Gasteiger partial charge >= 0.3 is 0 Å². The third kappa shape index (κ3) is 4.73. The Kier molecular flexibility index (Phi) is 4.80. The van der Waals surface area contributed by atoms with Crippen LogP contribution in [0.15, 0.2) is 0 Å². The Labute approximate surface area is 82.2 Å². The second-order valence-corrected chi connectivity index (χ2v) is 4.07. The Hall–Kier alpha value is -0.0800. The lowest BCUT2D eigenvalue weighted by molar-refractivity contribution is -0.116. The minimum absolute atomic E-state index is 0.198. The Morgan fingerprint density at radius 3 is 1.67 bits per heavy atom. The molecule has 0 spiro atoms. The van der Waals surface area contributed by atoms with Crippen LogP contribution in [0.1, 0.15) is 33.1 Å². The number of carbonyl (C=O) groups excluding carboxylic acids is 2. The van der Waals surface area contributed by atoms with Crippen molar-refractivity contribution in [3.05, 3.63) is 0 Å². The molecule has 0 aromatic rings. The summed E-state index contributed by atoms with van der Waals surface area (Å²) in [5.41, 5.74) is -0.377. The predicted octanol–water partition coefficient (Wildman–Crippen LogP) is 2.71. The van der Waals surface area contributed by atoms with Crippen molar-refractivity contribution in [3.63, 3.8) is 0 Å². The summed E-state index contributed by atoms with van der Waals surface area (Å²) >= 11 is 10.5. The maximum Gasteiger partial charge on any atom is 0.222 e. The molecule has 0 aromatic heterocycles. The number of rotatable bonds is 5. The molecule has 0 rings (SSSR count). The molecule has 0 amide bonds. The highest BCUT2D eigenvalue weighted by molar-refractivity contribution is 6.64. The standard InChI is InChI=1S/C8H12Cl2O2/c1-3-8(2,4-6(9)11)5-7(10)12/h3-5H2,1-2H3. The Bertz CT molecular complexity index is 173. The molecular weight excluding hydrogens is 199 g/mol. The van der Waals surface area contributed by atoms with Gasteiger partial charge in [-0.05, 0) is 35.0 Å². The molecule has 2 nitrogen and oxygen atoms in total. The van der Waals surface area contributed by atoms with Gasteiger partial charge in [0.1, 0.15) is 0 Å². The van der Waals surface area contributed by atoms with Crippen LogP contribution in [-0.4, -0.2) is 10.5 Å². The van der Waals surface area contributed by atoms with Gasteiger partial charge in [-0.15, -0.1) is 0 Å². The van der Waals surface area contributed by atoms with Crippen LogP contribution in [0.4, 0.5) is 0 Å². The van der Waals surface area contributed by atoms with Gasteiger partial charge in [0, 0.05) is 12.8 Å². The van der Waals surface area contributed by atoms with Gasteiger partial charge in [0.15, 0.2) is 0 Å². The molecule has 0 aliphatic heterocycles. The normalized spacial score (nSPS) is 11.3. The molecule has 0 N–H and O–H groups in total. The number of hydrogen-bond acceptors (Lipinski definition) is 2. The fourth-order valence-electron chi connectivity index (χ4n) is 0.984. The van der Waals surface area contributed by atoms with E-state index in [9.17, 15) is 9.59 Å². The van der Waals surface area contributed by atoms with E-state index in [1.807, 2.05) is 13.8 Å². The summed E-state index contributed by atoms with van der Waals surface area (Å²) in [7, 11) is 0. The van der Waals surface area contributed by atoms with Gasteiger partial charge in [-0.25, -0.2) is 0 Å². The van der Waals surface area contributed by atoms with Crippen LogP contribution in [0.5, 0.6) is 0 Å². The zero-order valence-electron chi connectivity index (χ0n) is 7.19. The zero-order chi connectivity index (χ0) is 9.78. The van der Waals surface area contributed by atoms with Crippen molar-refractivity contribution >= 4 is 33.7 Å². The summed E-state index contributed by atoms with van der Waals surface area (Å²) in [5.74, 6) is 0. The van der Waals surface area contributed by atoms with Crippen LogP contribution in [0.2, 0.25) is 0 Å². The van der Waals surface area contributed by atoms with Gasteiger partial charge in [0.05, 0.1) is 0 Å². The van der Waals surface area contributed by atoms with E-state index in [0.29, 0.717) is 6.42 Å². The minimum atomic E-state index is -0.419. The van der Waals surface area contributed by atoms with Gasteiger partial charge in [-0.2, -0.15) is 0 Å². The van der Waals surface area contributed by atoms with Crippen molar-refractivity contribution in [2.75, 3.05) is 0 Å². The first-order chi connectivity index (χ1) is 5.39. The molecule has 0 aliphatic carbocycles. The SMILES string of the molecule is CCC(C)(CC(=O)Cl)CC(=O)Cl. The summed E-state index contributed by atoms with van der Waals surface area (Å²) in [4.78, 5) is 21.2. The van der Waals surface area contributed by atoms with E-state index in [0.717, 1.165) is 0 Å². The van der Waals surface area contributed by atoms with E-state index >= 15 is 0 Å². The van der Waals surface area contributed by atoms with Crippen LogP contribution >= 0.6 is 23.2 Å². The van der Waals surface area contributed by atoms with Crippen LogP contribution in [0.3, 0.4) is 0 Å². The Morgan fingerprint density at radius 2 is 1.50 bits per heavy atom. The van der Waals surface area contributed by atoms with Gasteiger partial charge in [0.25, 0.3) is 0 Å². The first-order valence-electron chi connectivity index (χ1n) is 3.76. The quantitative estimate of drug-likeness (QED) is 0.655. The number of carbonyl (C=O) groups is 2. The molecule has 0 heterocycles. The van der Waals surface area contributed by atoms with Crippen molar-refractivity contribution in [3.8, 4) is 0 Å². The third-order valence-electron chi connectivity index (χ3n) is 1.99. The molecule has 0 radical (unpaired) electrons. The molecule has 0 aliphatic rings. The highest BCUT2D eigenvalue weighted by Crippen LogP contribution is 2.31. The molecule has 0 saturated carbocycles. The molecular formula is C8H12Cl2O2. The fourth-order valence-corrected chi connectivity index (χ4v) is 1.63. The second kappa shape index (κ2) is 4.83. The lowest BCUT2D eigenvalue weighted by Gasteiger charge is -2.24. The molecule has 4 heteroatoms. The molecule has 0 bridgehead atoms. The van der Waals surface area contributed by atoms with Crippen LogP contribution < -0.4 is 0 Å². The molecule has 0 fully saturated rings. The van der Waals surface area contributed by atoms with E-state index in [1.54, 1.807) is 0 Å². The smallest absolute Gasteiger partial charge is 0.222 e. The molecule has 70 valence electrons. The van der Waals surface area contributed by atoms with E-state index in [1.165, 1.54) is 0 Å². The van der Waals surface area contributed by atoms with Gasteiger partial charge in [-0.3, -0.25) is 9.59 Å². The van der Waals surface area contributed by atoms with Crippen LogP contribution in [0.25, 0.3) is 0 Å². The molecule has 0 aromatic carbocycles. The van der Waals surface area contributed by atoms with Crippen molar-refractivity contribution in [2.24, 2.45) is 5.41 Å². The number of hydrogen-bond donors (Lipinski definition) is 0. The summed E-state index contributed by atoms with van der Waals surface area (Å²) in [5, 5.41) is -0.838. The fraction of sp³-hybridized carbons (Fsp3) is 0.750. The summed E-state index contributed by atoms with van der Waals surface area (Å²) < 4.78 is 0. The summed E-state index contributed by atoms with van der Waals surface area (Å²) in [6.45, 7) is 3.73. The highest BCUT2D eigenvalue weighted by atomic mass is 35.5. The molecule has 12 heavy (non-hydrogen) atoms. The third-order valence-corrected chi connectivity index (χ3v) is 2.25. The monoisotopic (exact) mass is 210 g/mol. The first-order valence-corrected chi connectivity index (χ1v) is 4.52. The van der Waals surface area contributed by atoms with E-state index < -0.39 is 10.5 Å². The van der Waals surface area contributed by atoms with Crippen LogP contribution in [0, 0.1) is 5.41 Å². The van der Waals surface area contributed by atoms with Crippen molar-refractivity contribution in [1.82, 2.24) is 0 Å². The van der Waals surface area contributed by atoms with Crippen LogP contribution in [-0.2, 0) is 9.59 Å². The maximum absolute atomic E-state index is 10.6. The molecule has 0 unspecified atom stereocenters. The van der Waals surface area contributed by atoms with Crippen molar-refractivity contribution < 1.29 is 9.59 Å². The molecule has 0 atom stereocenters. The van der Waals surface area contributed by atoms with E-state index in [4.69, 9.17) is 23.2 Å². The minimum Gasteiger partial charge on any atom is -0.281 e. The summed E-state index contributed by atoms with van der Waals surface area (Å²) in [6.07, 6.45) is 1.11. The average molecular weight is 211 g/mol. The van der Waals surface area contributed by atoms with Gasteiger partial charge < -0.3 is 0 Å². The Morgan fingerprint density at radius 1 is 1.17 bits per heavy atom. The first kappa shape index (κ1) is 11.9. The number of halogens is 2. The predicted molar refractivity (Wildman–Crippen MR) is 49.4 cm³/mol. The van der Waals surface area contributed by atoms with Gasteiger partial charge in [0.2, 0.25) is 10.5 Å². The largest absolute Gasteiger partial charge is 0.281 e. The molecule has 0 saturated heterocycles. The highest BCUT2D eigenvalue weighted by Gasteiger charge is 2.27. The lowest BCUT2D eigenvalue weighted by Crippen LogP contribution is -2.20. The second-order valence-electron chi connectivity index (χ2n) is 3.23. The van der Waals surface area contributed by atoms with Gasteiger partial charge in [-0.1, -0.05) is 13.8 Å². The van der Waals surface area contributed by atoms with Crippen molar-refractivity contribution in [2.45, 2.75) is 33.1 Å². The Balaban J connectivity index is 4.23. The summed E-state index contributed by atoms with van der Waals surface area (Å²) in [6, 6.07) is 0. The zero-order valence-corrected chi connectivity index (χ0v) is 8.71. The maximum atomic E-state index is 10.6. The average Bonchev–Trinajstić information content (AvgIpc) is 1.83. The van der Waals surface area contributed by atoms with E-state index in [-0.39, 0.29) is 18.3 Å². The van der Waals surface area contributed by atoms with Crippen molar-refractivity contribution in [1.29, 1.82) is 0 Å². The topological polar surface area (TPSA) is 34.1 Å².